The number of nitrogens with zero attached hydrogens (tertiary/aromatic N) is 3. The third-order valence-electron chi connectivity index (χ3n) is 3.77. The number of hydrogen-bond acceptors (Lipinski definition) is 4. The number of carbonyl (C=O) groups excluding carboxylic acids is 1. The minimum absolute atomic E-state index is 0.270. The molecule has 116 valence electrons. The fourth-order valence-corrected chi connectivity index (χ4v) is 2.53. The summed E-state index contributed by atoms with van der Waals surface area (Å²) in [5, 5.41) is 3.29. The zero-order valence-corrected chi connectivity index (χ0v) is 13.1. The standard InChI is InChI=1S/C16H26N4O/c1-14(2)18-8-5-16(21)20-11-9-19(10-12-20)13-15-3-6-17-7-4-15/h3-4,6-7,14,18H,5,8-13H2,1-2H3. The Morgan fingerprint density at radius 1 is 1.24 bits per heavy atom. The number of hydrogen-bond donors (Lipinski definition) is 1. The van der Waals surface area contributed by atoms with Crippen LogP contribution in [0, 0.1) is 0 Å². The fraction of sp³-hybridized carbons (Fsp3) is 0.625. The van der Waals surface area contributed by atoms with E-state index in [0.29, 0.717) is 12.5 Å². The molecule has 5 heteroatoms. The number of pyridine rings is 1. The minimum atomic E-state index is 0.270. The van der Waals surface area contributed by atoms with E-state index in [2.05, 4.69) is 41.2 Å². The lowest BCUT2D eigenvalue weighted by atomic mass is 10.2. The maximum absolute atomic E-state index is 12.1. The highest BCUT2D eigenvalue weighted by Crippen LogP contribution is 2.08. The summed E-state index contributed by atoms with van der Waals surface area (Å²) in [4.78, 5) is 20.5. The van der Waals surface area contributed by atoms with Crippen LogP contribution < -0.4 is 5.32 Å². The summed E-state index contributed by atoms with van der Waals surface area (Å²) in [6.45, 7) is 9.49. The predicted molar refractivity (Wildman–Crippen MR) is 83.8 cm³/mol. The average Bonchev–Trinajstić information content (AvgIpc) is 2.48. The van der Waals surface area contributed by atoms with Crippen LogP contribution in [0.5, 0.6) is 0 Å². The monoisotopic (exact) mass is 290 g/mol. The van der Waals surface area contributed by atoms with E-state index in [-0.39, 0.29) is 5.91 Å². The van der Waals surface area contributed by atoms with Gasteiger partial charge in [-0.25, -0.2) is 0 Å². The quantitative estimate of drug-likeness (QED) is 0.853. The lowest BCUT2D eigenvalue weighted by Crippen LogP contribution is -2.48. The number of aromatic nitrogens is 1. The van der Waals surface area contributed by atoms with E-state index in [1.54, 1.807) is 0 Å². The fourth-order valence-electron chi connectivity index (χ4n) is 2.53. The van der Waals surface area contributed by atoms with Crippen LogP contribution in [0.1, 0.15) is 25.8 Å². The van der Waals surface area contributed by atoms with Crippen molar-refractivity contribution in [1.29, 1.82) is 0 Å². The maximum atomic E-state index is 12.1. The van der Waals surface area contributed by atoms with Gasteiger partial charge in [0.2, 0.25) is 5.91 Å². The van der Waals surface area contributed by atoms with Crippen molar-refractivity contribution in [1.82, 2.24) is 20.1 Å². The molecule has 1 amide bonds. The predicted octanol–water partition coefficient (Wildman–Crippen LogP) is 1.11. The van der Waals surface area contributed by atoms with Gasteiger partial charge in [-0.05, 0) is 17.7 Å². The molecule has 1 aromatic heterocycles. The Morgan fingerprint density at radius 2 is 1.90 bits per heavy atom. The second-order valence-corrected chi connectivity index (χ2v) is 5.87. The van der Waals surface area contributed by atoms with E-state index in [0.717, 1.165) is 39.3 Å². The summed E-state index contributed by atoms with van der Waals surface area (Å²) in [6, 6.07) is 4.54. The van der Waals surface area contributed by atoms with Crippen molar-refractivity contribution in [3.05, 3.63) is 30.1 Å². The molecule has 1 aliphatic heterocycles. The van der Waals surface area contributed by atoms with Crippen molar-refractivity contribution < 1.29 is 4.79 Å². The van der Waals surface area contributed by atoms with Crippen LogP contribution in [0.15, 0.2) is 24.5 Å². The molecule has 1 fully saturated rings. The SMILES string of the molecule is CC(C)NCCC(=O)N1CCN(Cc2ccncc2)CC1. The average molecular weight is 290 g/mol. The highest BCUT2D eigenvalue weighted by molar-refractivity contribution is 5.76. The second-order valence-electron chi connectivity index (χ2n) is 5.87. The van der Waals surface area contributed by atoms with Gasteiger partial charge >= 0.3 is 0 Å². The Hall–Kier alpha value is -1.46. The summed E-state index contributed by atoms with van der Waals surface area (Å²) < 4.78 is 0. The summed E-state index contributed by atoms with van der Waals surface area (Å²) in [5.74, 6) is 0.270. The molecule has 0 bridgehead atoms. The number of piperazine rings is 1. The first-order valence-electron chi connectivity index (χ1n) is 7.77. The molecule has 0 spiro atoms. The van der Waals surface area contributed by atoms with Gasteiger partial charge in [-0.1, -0.05) is 13.8 Å². The highest BCUT2D eigenvalue weighted by Gasteiger charge is 2.20. The molecule has 0 atom stereocenters. The molecule has 0 radical (unpaired) electrons. The van der Waals surface area contributed by atoms with Crippen LogP contribution in [0.4, 0.5) is 0 Å². The van der Waals surface area contributed by atoms with E-state index >= 15 is 0 Å². The Labute approximate surface area is 127 Å². The van der Waals surface area contributed by atoms with Crippen molar-refractivity contribution in [2.45, 2.75) is 32.9 Å². The van der Waals surface area contributed by atoms with Crippen LogP contribution in [-0.2, 0) is 11.3 Å². The van der Waals surface area contributed by atoms with Gasteiger partial charge in [-0.3, -0.25) is 14.7 Å². The van der Waals surface area contributed by atoms with E-state index < -0.39 is 0 Å². The van der Waals surface area contributed by atoms with Crippen molar-refractivity contribution in [2.75, 3.05) is 32.7 Å². The first-order chi connectivity index (χ1) is 10.1. The van der Waals surface area contributed by atoms with E-state index in [4.69, 9.17) is 0 Å². The smallest absolute Gasteiger partial charge is 0.223 e. The van der Waals surface area contributed by atoms with Gasteiger partial charge < -0.3 is 10.2 Å². The van der Waals surface area contributed by atoms with E-state index in [1.165, 1.54) is 5.56 Å². The van der Waals surface area contributed by atoms with Gasteiger partial charge in [0.05, 0.1) is 0 Å². The zero-order valence-electron chi connectivity index (χ0n) is 13.1. The van der Waals surface area contributed by atoms with Gasteiger partial charge in [0.15, 0.2) is 0 Å². The molecular weight excluding hydrogens is 264 g/mol. The molecule has 1 aliphatic rings. The zero-order chi connectivity index (χ0) is 15.1. The first-order valence-corrected chi connectivity index (χ1v) is 7.77. The summed E-state index contributed by atoms with van der Waals surface area (Å²) in [6.07, 6.45) is 4.26. The normalized spacial score (nSPS) is 16.4. The lowest BCUT2D eigenvalue weighted by Gasteiger charge is -2.34. The molecule has 1 saturated heterocycles. The van der Waals surface area contributed by atoms with Crippen LogP contribution in [0.2, 0.25) is 0 Å². The Bertz CT molecular complexity index is 427. The van der Waals surface area contributed by atoms with Crippen LogP contribution in [0.3, 0.4) is 0 Å². The third kappa shape index (κ3) is 5.44. The highest BCUT2D eigenvalue weighted by atomic mass is 16.2. The second kappa shape index (κ2) is 8.10. The number of rotatable bonds is 6. The summed E-state index contributed by atoms with van der Waals surface area (Å²) >= 11 is 0. The molecule has 1 aromatic rings. The Kier molecular flexibility index (Phi) is 6.14. The number of carbonyl (C=O) groups is 1. The third-order valence-corrected chi connectivity index (χ3v) is 3.77. The Morgan fingerprint density at radius 3 is 2.52 bits per heavy atom. The van der Waals surface area contributed by atoms with Gasteiger partial charge in [0, 0.05) is 64.1 Å². The molecule has 0 aromatic carbocycles. The van der Waals surface area contributed by atoms with Gasteiger partial charge in [-0.2, -0.15) is 0 Å². The van der Waals surface area contributed by atoms with Crippen LogP contribution in [-0.4, -0.2) is 59.5 Å². The molecule has 0 saturated carbocycles. The van der Waals surface area contributed by atoms with Gasteiger partial charge in [0.25, 0.3) is 0 Å². The maximum Gasteiger partial charge on any atom is 0.223 e. The molecule has 21 heavy (non-hydrogen) atoms. The van der Waals surface area contributed by atoms with E-state index in [9.17, 15) is 4.79 Å². The van der Waals surface area contributed by atoms with Crippen molar-refractivity contribution in [2.24, 2.45) is 0 Å². The lowest BCUT2D eigenvalue weighted by molar-refractivity contribution is -0.132. The minimum Gasteiger partial charge on any atom is -0.340 e. The number of nitrogens with one attached hydrogen (secondary N) is 1. The topological polar surface area (TPSA) is 48.5 Å². The van der Waals surface area contributed by atoms with Crippen molar-refractivity contribution in [3.63, 3.8) is 0 Å². The molecule has 5 nitrogen and oxygen atoms in total. The Balaban J connectivity index is 1.69. The molecule has 0 aliphatic carbocycles. The molecule has 1 N–H and O–H groups in total. The number of amides is 1. The molecule has 0 unspecified atom stereocenters. The summed E-state index contributed by atoms with van der Waals surface area (Å²) in [7, 11) is 0. The van der Waals surface area contributed by atoms with Crippen LogP contribution >= 0.6 is 0 Å². The van der Waals surface area contributed by atoms with Crippen molar-refractivity contribution >= 4 is 5.91 Å². The molecule has 2 rings (SSSR count). The molecule has 2 heterocycles. The summed E-state index contributed by atoms with van der Waals surface area (Å²) in [5.41, 5.74) is 1.28. The van der Waals surface area contributed by atoms with Crippen molar-refractivity contribution in [3.8, 4) is 0 Å². The van der Waals surface area contributed by atoms with Crippen LogP contribution in [0.25, 0.3) is 0 Å². The van der Waals surface area contributed by atoms with E-state index in [1.807, 2.05) is 17.3 Å². The first kappa shape index (κ1) is 15.9. The van der Waals surface area contributed by atoms with Gasteiger partial charge in [-0.15, -0.1) is 0 Å². The molecular formula is C16H26N4O. The van der Waals surface area contributed by atoms with Gasteiger partial charge in [0.1, 0.15) is 0 Å². The largest absolute Gasteiger partial charge is 0.340 e.